The van der Waals surface area contributed by atoms with Gasteiger partial charge in [-0.2, -0.15) is 0 Å². The zero-order valence-electron chi connectivity index (χ0n) is 10.3. The van der Waals surface area contributed by atoms with Gasteiger partial charge in [0.05, 0.1) is 0 Å². The third kappa shape index (κ3) is 2.05. The molecule has 0 aromatic heterocycles. The number of piperazine rings is 1. The molecule has 2 aliphatic rings. The molecule has 17 heavy (non-hydrogen) atoms. The highest BCUT2D eigenvalue weighted by molar-refractivity contribution is 5.57. The van der Waals surface area contributed by atoms with Crippen LogP contribution in [0.2, 0.25) is 0 Å². The molecule has 1 fully saturated rings. The van der Waals surface area contributed by atoms with E-state index in [0.29, 0.717) is 18.9 Å². The van der Waals surface area contributed by atoms with E-state index >= 15 is 0 Å². The van der Waals surface area contributed by atoms with Crippen molar-refractivity contribution in [3.8, 4) is 11.5 Å². The summed E-state index contributed by atoms with van der Waals surface area (Å²) in [6, 6.07) is 7.22. The second kappa shape index (κ2) is 4.11. The first-order valence-electron chi connectivity index (χ1n) is 6.13. The van der Waals surface area contributed by atoms with Gasteiger partial charge in [0.2, 0.25) is 6.79 Å². The van der Waals surface area contributed by atoms with Crippen LogP contribution in [0.5, 0.6) is 11.5 Å². The summed E-state index contributed by atoms with van der Waals surface area (Å²) in [4.78, 5) is 2.40. The molecule has 4 heteroatoms. The molecule has 2 aliphatic heterocycles. The average Bonchev–Trinajstić information content (AvgIpc) is 2.74. The summed E-state index contributed by atoms with van der Waals surface area (Å²) in [5.74, 6) is 1.71. The van der Waals surface area contributed by atoms with Gasteiger partial charge in [0.15, 0.2) is 11.5 Å². The van der Waals surface area contributed by atoms with Gasteiger partial charge >= 0.3 is 0 Å². The van der Waals surface area contributed by atoms with Gasteiger partial charge in [-0.15, -0.1) is 0 Å². The minimum Gasteiger partial charge on any atom is -0.454 e. The van der Waals surface area contributed by atoms with Crippen LogP contribution in [0.15, 0.2) is 18.2 Å². The molecule has 0 radical (unpaired) electrons. The lowest BCUT2D eigenvalue weighted by Gasteiger charge is -2.37. The molecule has 1 aromatic rings. The first-order chi connectivity index (χ1) is 8.22. The average molecular weight is 234 g/mol. The SMILES string of the molecule is CC1CN(c2ccc3c(c2)OCO3)CC(C)N1. The number of hydrogen-bond acceptors (Lipinski definition) is 4. The van der Waals surface area contributed by atoms with Crippen molar-refractivity contribution in [1.82, 2.24) is 5.32 Å². The smallest absolute Gasteiger partial charge is 0.231 e. The summed E-state index contributed by atoms with van der Waals surface area (Å²) < 4.78 is 10.7. The fourth-order valence-electron chi connectivity index (χ4n) is 2.62. The van der Waals surface area contributed by atoms with E-state index in [-0.39, 0.29) is 0 Å². The molecule has 0 saturated carbocycles. The monoisotopic (exact) mass is 234 g/mol. The molecule has 1 aromatic carbocycles. The molecular formula is C13H18N2O2. The van der Waals surface area contributed by atoms with Gasteiger partial charge in [-0.1, -0.05) is 0 Å². The molecular weight excluding hydrogens is 216 g/mol. The van der Waals surface area contributed by atoms with Gasteiger partial charge in [-0.05, 0) is 26.0 Å². The van der Waals surface area contributed by atoms with Crippen LogP contribution in [-0.4, -0.2) is 32.0 Å². The highest BCUT2D eigenvalue weighted by atomic mass is 16.7. The Balaban J connectivity index is 1.83. The van der Waals surface area contributed by atoms with Crippen molar-refractivity contribution >= 4 is 5.69 Å². The van der Waals surface area contributed by atoms with Gasteiger partial charge in [-0.3, -0.25) is 0 Å². The van der Waals surface area contributed by atoms with E-state index in [0.717, 1.165) is 24.6 Å². The number of nitrogens with zero attached hydrogens (tertiary/aromatic N) is 1. The van der Waals surface area contributed by atoms with E-state index in [4.69, 9.17) is 9.47 Å². The molecule has 0 bridgehead atoms. The molecule has 0 spiro atoms. The van der Waals surface area contributed by atoms with Crippen LogP contribution in [0.3, 0.4) is 0 Å². The number of hydrogen-bond donors (Lipinski definition) is 1. The fraction of sp³-hybridized carbons (Fsp3) is 0.538. The third-order valence-electron chi connectivity index (χ3n) is 3.28. The molecule has 1 saturated heterocycles. The molecule has 1 N–H and O–H groups in total. The molecule has 2 unspecified atom stereocenters. The second-order valence-electron chi connectivity index (χ2n) is 4.91. The summed E-state index contributed by atoms with van der Waals surface area (Å²) in [6.07, 6.45) is 0. The molecule has 0 amide bonds. The minimum atomic E-state index is 0.340. The molecule has 4 nitrogen and oxygen atoms in total. The van der Waals surface area contributed by atoms with Crippen molar-refractivity contribution < 1.29 is 9.47 Å². The van der Waals surface area contributed by atoms with Crippen molar-refractivity contribution in [2.75, 3.05) is 24.8 Å². The maximum absolute atomic E-state index is 5.42. The largest absolute Gasteiger partial charge is 0.454 e. The van der Waals surface area contributed by atoms with E-state index in [9.17, 15) is 0 Å². The topological polar surface area (TPSA) is 33.7 Å². The number of fused-ring (bicyclic) bond motifs is 1. The second-order valence-corrected chi connectivity index (χ2v) is 4.91. The number of rotatable bonds is 1. The fourth-order valence-corrected chi connectivity index (χ4v) is 2.62. The Labute approximate surface area is 102 Å². The Bertz CT molecular complexity index is 412. The van der Waals surface area contributed by atoms with Crippen molar-refractivity contribution in [2.24, 2.45) is 0 Å². The van der Waals surface area contributed by atoms with Crippen molar-refractivity contribution in [2.45, 2.75) is 25.9 Å². The Hall–Kier alpha value is -1.42. The maximum Gasteiger partial charge on any atom is 0.231 e. The summed E-state index contributed by atoms with van der Waals surface area (Å²) >= 11 is 0. The lowest BCUT2D eigenvalue weighted by molar-refractivity contribution is 0.174. The molecule has 0 aliphatic carbocycles. The number of nitrogens with one attached hydrogen (secondary N) is 1. The van der Waals surface area contributed by atoms with Crippen LogP contribution in [0, 0.1) is 0 Å². The van der Waals surface area contributed by atoms with Gasteiger partial charge < -0.3 is 19.7 Å². The van der Waals surface area contributed by atoms with Gasteiger partial charge in [0.25, 0.3) is 0 Å². The highest BCUT2D eigenvalue weighted by Crippen LogP contribution is 2.35. The van der Waals surface area contributed by atoms with Crippen LogP contribution >= 0.6 is 0 Å². The number of benzene rings is 1. The van der Waals surface area contributed by atoms with Crippen LogP contribution in [0.4, 0.5) is 5.69 Å². The van der Waals surface area contributed by atoms with Crippen molar-refractivity contribution in [1.29, 1.82) is 0 Å². The van der Waals surface area contributed by atoms with E-state index in [2.05, 4.69) is 36.2 Å². The first kappa shape index (κ1) is 10.7. The van der Waals surface area contributed by atoms with Gasteiger partial charge in [0, 0.05) is 36.9 Å². The predicted octanol–water partition coefficient (Wildman–Crippen LogP) is 1.60. The first-order valence-corrected chi connectivity index (χ1v) is 6.13. The summed E-state index contributed by atoms with van der Waals surface area (Å²) in [7, 11) is 0. The highest BCUT2D eigenvalue weighted by Gasteiger charge is 2.22. The minimum absolute atomic E-state index is 0.340. The van der Waals surface area contributed by atoms with E-state index in [1.54, 1.807) is 0 Å². The normalized spacial score (nSPS) is 27.3. The lowest BCUT2D eigenvalue weighted by atomic mass is 10.1. The Morgan fingerprint density at radius 3 is 2.59 bits per heavy atom. The van der Waals surface area contributed by atoms with Crippen LogP contribution in [-0.2, 0) is 0 Å². The molecule has 92 valence electrons. The Morgan fingerprint density at radius 1 is 1.12 bits per heavy atom. The predicted molar refractivity (Wildman–Crippen MR) is 66.8 cm³/mol. The lowest BCUT2D eigenvalue weighted by Crippen LogP contribution is -2.54. The van der Waals surface area contributed by atoms with E-state index in [1.807, 2.05) is 6.07 Å². The van der Waals surface area contributed by atoms with Gasteiger partial charge in [-0.25, -0.2) is 0 Å². The van der Waals surface area contributed by atoms with Crippen molar-refractivity contribution in [3.05, 3.63) is 18.2 Å². The molecule has 2 heterocycles. The van der Waals surface area contributed by atoms with E-state index < -0.39 is 0 Å². The maximum atomic E-state index is 5.42. The standard InChI is InChI=1S/C13H18N2O2/c1-9-6-15(7-10(2)14-9)11-3-4-12-13(5-11)17-8-16-12/h3-5,9-10,14H,6-8H2,1-2H3. The third-order valence-corrected chi connectivity index (χ3v) is 3.28. The number of ether oxygens (including phenoxy) is 2. The Morgan fingerprint density at radius 2 is 1.82 bits per heavy atom. The summed E-state index contributed by atoms with van der Waals surface area (Å²) in [5.41, 5.74) is 1.22. The quantitative estimate of drug-likeness (QED) is 0.800. The van der Waals surface area contributed by atoms with Crippen LogP contribution in [0.25, 0.3) is 0 Å². The number of anilines is 1. The summed E-state index contributed by atoms with van der Waals surface area (Å²) in [5, 5.41) is 3.53. The van der Waals surface area contributed by atoms with Gasteiger partial charge in [0.1, 0.15) is 0 Å². The van der Waals surface area contributed by atoms with Crippen molar-refractivity contribution in [3.63, 3.8) is 0 Å². The molecule has 2 atom stereocenters. The van der Waals surface area contributed by atoms with Crippen LogP contribution < -0.4 is 19.7 Å². The molecule has 3 rings (SSSR count). The zero-order valence-corrected chi connectivity index (χ0v) is 10.3. The summed E-state index contributed by atoms with van der Waals surface area (Å²) in [6.45, 7) is 6.84. The Kier molecular flexibility index (Phi) is 2.59. The zero-order chi connectivity index (χ0) is 11.8. The van der Waals surface area contributed by atoms with E-state index in [1.165, 1.54) is 5.69 Å². The van der Waals surface area contributed by atoms with Crippen LogP contribution in [0.1, 0.15) is 13.8 Å².